The zero-order chi connectivity index (χ0) is 57.8. The molecule has 7 rings (SSSR count). The molecule has 0 saturated carbocycles. The number of carbonyl (C=O) groups excluding carboxylic acids is 1. The maximum atomic E-state index is 12.6. The van der Waals surface area contributed by atoms with Crippen LogP contribution in [0.15, 0.2) is 148 Å². The van der Waals surface area contributed by atoms with Crippen LogP contribution in [0.5, 0.6) is 17.2 Å². The molecule has 79 heavy (non-hydrogen) atoms. The molecule has 0 aliphatic carbocycles. The third-order valence-corrected chi connectivity index (χ3v) is 11.8. The van der Waals surface area contributed by atoms with Crippen LogP contribution in [-0.2, 0) is 19.6 Å². The van der Waals surface area contributed by atoms with Crippen LogP contribution in [-0.4, -0.2) is 46.5 Å². The topological polar surface area (TPSA) is 388 Å². The second kappa shape index (κ2) is 28.4. The van der Waals surface area contributed by atoms with Gasteiger partial charge in [0, 0.05) is 25.3 Å². The first-order valence-electron chi connectivity index (χ1n) is 24.5. The van der Waals surface area contributed by atoms with Gasteiger partial charge in [0.25, 0.3) is 16.7 Å². The number of benzene rings is 4. The third-order valence-electron chi connectivity index (χ3n) is 11.8. The van der Waals surface area contributed by atoms with Gasteiger partial charge in [-0.1, -0.05) is 91.9 Å². The molecule has 404 valence electrons. The summed E-state index contributed by atoms with van der Waals surface area (Å²) in [5, 5.41) is 91.1. The number of ketones is 1. The summed E-state index contributed by atoms with van der Waals surface area (Å²) < 4.78 is 3.55. The average molecular weight is 1070 g/mol. The number of aliphatic hydroxyl groups is 1. The van der Waals surface area contributed by atoms with Crippen LogP contribution in [0.3, 0.4) is 0 Å². The second-order valence-electron chi connectivity index (χ2n) is 17.5. The molecule has 0 bridgehead atoms. The van der Waals surface area contributed by atoms with Crippen molar-refractivity contribution in [2.75, 3.05) is 23.8 Å². The number of azo groups is 3. The first-order chi connectivity index (χ1) is 37.9. The summed E-state index contributed by atoms with van der Waals surface area (Å²) in [6.45, 7) is 7.87. The zero-order valence-electron chi connectivity index (χ0n) is 43.7. The number of nitrogens with two attached hydrogens (primary N) is 3. The Morgan fingerprint density at radius 3 is 1.25 bits per heavy atom. The van der Waals surface area contributed by atoms with Gasteiger partial charge < -0.3 is 37.6 Å². The fourth-order valence-corrected chi connectivity index (χ4v) is 7.34. The Kier molecular flexibility index (Phi) is 21.3. The molecule has 0 radical (unpaired) electrons. The Hall–Kier alpha value is -10.6. The molecule has 3 aromatic heterocycles. The quantitative estimate of drug-likeness (QED) is 0.0253. The SMILES string of the molecule is CC(=O)c1ccc(N=Nc2c(O)c(C#N)c(=O)n(Cc3ccccc3)c2N)cc1.CCCCCCn1c(N)c(N=Nc2ccc(C)cc2)c(O)c(C#N)c1=O.Cc1ccc(N=Nc2c(O)c(C#N)c(=O)n(CCCO)c2N)cc1. The highest BCUT2D eigenvalue weighted by atomic mass is 16.3. The van der Waals surface area contributed by atoms with E-state index in [1.807, 2.05) is 68.4 Å². The van der Waals surface area contributed by atoms with Crippen molar-refractivity contribution in [3.8, 4) is 35.5 Å². The van der Waals surface area contributed by atoms with Gasteiger partial charge in [0.1, 0.15) is 35.7 Å². The Morgan fingerprint density at radius 2 is 0.886 bits per heavy atom. The number of carbonyl (C=O) groups is 1. The number of Topliss-reactive ketones (excluding diaryl/α,β-unsaturated/α-hetero) is 1. The van der Waals surface area contributed by atoms with E-state index in [1.165, 1.54) is 16.1 Å². The lowest BCUT2D eigenvalue weighted by Gasteiger charge is -2.13. The predicted octanol–water partition coefficient (Wildman–Crippen LogP) is 10.1. The lowest BCUT2D eigenvalue weighted by atomic mass is 10.1. The van der Waals surface area contributed by atoms with Gasteiger partial charge in [-0.15, -0.1) is 15.3 Å². The van der Waals surface area contributed by atoms with E-state index >= 15 is 0 Å². The number of hydrogen-bond acceptors (Lipinski definition) is 20. The zero-order valence-corrected chi connectivity index (χ0v) is 43.7. The van der Waals surface area contributed by atoms with Crippen molar-refractivity contribution in [1.29, 1.82) is 15.8 Å². The van der Waals surface area contributed by atoms with Gasteiger partial charge in [0.05, 0.1) is 23.6 Å². The Bertz CT molecular complexity index is 3720. The normalized spacial score (nSPS) is 10.9. The lowest BCUT2D eigenvalue weighted by molar-refractivity contribution is 0.101. The average Bonchev–Trinajstić information content (AvgIpc) is 3.53. The summed E-state index contributed by atoms with van der Waals surface area (Å²) in [6.07, 6.45) is 4.10. The van der Waals surface area contributed by atoms with E-state index in [4.69, 9.17) is 27.6 Å². The van der Waals surface area contributed by atoms with E-state index in [0.29, 0.717) is 29.2 Å². The van der Waals surface area contributed by atoms with Gasteiger partial charge in [0.2, 0.25) is 0 Å². The molecule has 23 nitrogen and oxygen atoms in total. The van der Waals surface area contributed by atoms with Gasteiger partial charge in [-0.25, -0.2) is 0 Å². The van der Waals surface area contributed by atoms with Crippen molar-refractivity contribution in [2.45, 2.75) is 79.4 Å². The summed E-state index contributed by atoms with van der Waals surface area (Å²) in [4.78, 5) is 48.5. The van der Waals surface area contributed by atoms with Crippen molar-refractivity contribution in [3.63, 3.8) is 0 Å². The van der Waals surface area contributed by atoms with E-state index < -0.39 is 45.1 Å². The predicted molar refractivity (Wildman–Crippen MR) is 297 cm³/mol. The second-order valence-corrected chi connectivity index (χ2v) is 17.5. The summed E-state index contributed by atoms with van der Waals surface area (Å²) in [5.74, 6) is -2.05. The highest BCUT2D eigenvalue weighted by molar-refractivity contribution is 5.94. The van der Waals surface area contributed by atoms with Crippen molar-refractivity contribution >= 4 is 57.4 Å². The smallest absolute Gasteiger partial charge is 0.274 e. The molecule has 23 heteroatoms. The molecule has 0 amide bonds. The summed E-state index contributed by atoms with van der Waals surface area (Å²) >= 11 is 0. The molecule has 0 atom stereocenters. The number of aryl methyl sites for hydroxylation is 2. The van der Waals surface area contributed by atoms with E-state index in [-0.39, 0.29) is 72.0 Å². The fourth-order valence-electron chi connectivity index (χ4n) is 7.34. The number of nitrogen functional groups attached to an aromatic ring is 3. The lowest BCUT2D eigenvalue weighted by Crippen LogP contribution is -2.25. The number of hydrogen-bond donors (Lipinski definition) is 7. The van der Waals surface area contributed by atoms with Crippen molar-refractivity contribution in [3.05, 3.63) is 173 Å². The molecule has 0 aliphatic heterocycles. The largest absolute Gasteiger partial charge is 0.504 e. The number of nitrogens with zero attached hydrogens (tertiary/aromatic N) is 12. The minimum absolute atomic E-state index is 0.0128. The van der Waals surface area contributed by atoms with Crippen LogP contribution in [0.2, 0.25) is 0 Å². The number of unbranched alkanes of at least 4 members (excludes halogenated alkanes) is 3. The van der Waals surface area contributed by atoms with Gasteiger partial charge in [0.15, 0.2) is 56.8 Å². The van der Waals surface area contributed by atoms with Crippen LogP contribution >= 0.6 is 0 Å². The number of aromatic nitrogens is 3. The van der Waals surface area contributed by atoms with Crippen LogP contribution in [0.1, 0.15) is 89.7 Å². The summed E-state index contributed by atoms with van der Waals surface area (Å²) in [7, 11) is 0. The van der Waals surface area contributed by atoms with Crippen LogP contribution in [0.4, 0.5) is 51.6 Å². The van der Waals surface area contributed by atoms with E-state index in [2.05, 4.69) is 37.6 Å². The number of aromatic hydroxyl groups is 3. The van der Waals surface area contributed by atoms with Gasteiger partial charge in [-0.3, -0.25) is 32.9 Å². The number of nitriles is 3. The number of anilines is 3. The highest BCUT2D eigenvalue weighted by Crippen LogP contribution is 2.38. The standard InChI is InChI=1S/C21H17N5O3.C19H23N5O2.C16H17N5O3/c1-13(27)15-7-9-16(10-8-15)24-25-18-19(28)17(11-22)21(29)26(20(18)23)12-14-5-3-2-4-6-14;1-3-4-5-6-11-24-18(21)16(17(25)15(12-20)19(24)26)23-22-14-9-7-13(2)8-10-14;1-10-3-5-11(6-4-10)19-20-13-14(23)12(9-17)16(24)21(15(13)18)7-2-8-22/h2-10,28H,12,23H2,1H3;7-10,25H,3-6,11,21H2,1-2H3;3-6,22-23H,2,7-8,18H2,1H3. The van der Waals surface area contributed by atoms with Gasteiger partial charge in [-0.05, 0) is 87.7 Å². The van der Waals surface area contributed by atoms with Crippen LogP contribution < -0.4 is 33.9 Å². The van der Waals surface area contributed by atoms with Crippen LogP contribution in [0.25, 0.3) is 0 Å². The molecule has 10 N–H and O–H groups in total. The summed E-state index contributed by atoms with van der Waals surface area (Å²) in [5.41, 5.74) is 19.3. The maximum Gasteiger partial charge on any atom is 0.274 e. The number of rotatable bonds is 17. The Morgan fingerprint density at radius 1 is 0.519 bits per heavy atom. The Labute approximate surface area is 453 Å². The molecule has 0 saturated heterocycles. The first-order valence-corrected chi connectivity index (χ1v) is 24.5. The maximum absolute atomic E-state index is 12.6. The monoisotopic (exact) mass is 1070 g/mol. The van der Waals surface area contributed by atoms with Crippen molar-refractivity contribution < 1.29 is 25.2 Å². The van der Waals surface area contributed by atoms with E-state index in [9.17, 15) is 45.0 Å². The van der Waals surface area contributed by atoms with E-state index in [1.54, 1.807) is 66.7 Å². The molecule has 0 spiro atoms. The van der Waals surface area contributed by atoms with Gasteiger partial charge >= 0.3 is 0 Å². The van der Waals surface area contributed by atoms with Crippen LogP contribution in [0, 0.1) is 47.8 Å². The molecule has 7 aromatic rings. The minimum Gasteiger partial charge on any atom is -0.504 e. The molecular weight excluding hydrogens is 1010 g/mol. The molecule has 0 unspecified atom stereocenters. The number of aliphatic hydroxyl groups excluding tert-OH is 1. The minimum atomic E-state index is -0.727. The molecule has 0 fully saturated rings. The molecular formula is C56H57N15O8. The summed E-state index contributed by atoms with van der Waals surface area (Å²) in [6, 6.07) is 35.0. The van der Waals surface area contributed by atoms with Crippen molar-refractivity contribution in [2.24, 2.45) is 30.7 Å². The third kappa shape index (κ3) is 15.1. The fraction of sp³-hybridized carbons (Fsp3) is 0.232. The molecule has 4 aromatic carbocycles. The highest BCUT2D eigenvalue weighted by Gasteiger charge is 2.23. The van der Waals surface area contributed by atoms with E-state index in [0.717, 1.165) is 46.9 Å². The van der Waals surface area contributed by atoms with Crippen molar-refractivity contribution in [1.82, 2.24) is 13.7 Å². The van der Waals surface area contributed by atoms with Gasteiger partial charge in [-0.2, -0.15) is 31.1 Å². The molecule has 0 aliphatic rings. The molecule has 3 heterocycles. The first kappa shape index (κ1) is 59.3. The number of pyridine rings is 3. The Balaban J connectivity index is 0.000000219.